The highest BCUT2D eigenvalue weighted by molar-refractivity contribution is 5.43. The lowest BCUT2D eigenvalue weighted by Crippen LogP contribution is -2.43. The van der Waals surface area contributed by atoms with Gasteiger partial charge in [-0.15, -0.1) is 0 Å². The molecule has 1 N–H and O–H groups in total. The van der Waals surface area contributed by atoms with Crippen LogP contribution >= 0.6 is 0 Å². The monoisotopic (exact) mass is 260 g/mol. The van der Waals surface area contributed by atoms with Crippen molar-refractivity contribution < 1.29 is 4.42 Å². The smallest absolute Gasteiger partial charge is 0.114 e. The van der Waals surface area contributed by atoms with Gasteiger partial charge in [0.05, 0.1) is 12.0 Å². The van der Waals surface area contributed by atoms with Crippen molar-refractivity contribution in [3.63, 3.8) is 0 Å². The van der Waals surface area contributed by atoms with Crippen LogP contribution in [-0.4, -0.2) is 26.2 Å². The molecule has 1 aliphatic heterocycles. The minimum Gasteiger partial charge on any atom is -0.470 e. The molecule has 0 atom stereocenters. The molecule has 2 heterocycles. The number of hydrogen-bond donors (Lipinski definition) is 1. The lowest BCUT2D eigenvalue weighted by molar-refractivity contribution is 0.557. The van der Waals surface area contributed by atoms with Crippen molar-refractivity contribution >= 4 is 5.69 Å². The van der Waals surface area contributed by atoms with Gasteiger partial charge in [0.2, 0.25) is 0 Å². The topological polar surface area (TPSA) is 28.4 Å². The minimum absolute atomic E-state index is 1.07. The lowest BCUT2D eigenvalue weighted by Gasteiger charge is -2.27. The van der Waals surface area contributed by atoms with Crippen LogP contribution in [0, 0.1) is 0 Å². The summed E-state index contributed by atoms with van der Waals surface area (Å²) in [5.74, 6) is 0. The SMILES string of the molecule is C=C/C=C(C)\C=C/C.c1cc(N2CCNCC2)co1. The number of rotatable bonds is 3. The van der Waals surface area contributed by atoms with Gasteiger partial charge >= 0.3 is 0 Å². The Balaban J connectivity index is 0.000000203. The van der Waals surface area contributed by atoms with Crippen LogP contribution < -0.4 is 10.2 Å². The molecule has 1 saturated heterocycles. The summed E-state index contributed by atoms with van der Waals surface area (Å²) < 4.78 is 5.01. The van der Waals surface area contributed by atoms with Crippen molar-refractivity contribution in [2.75, 3.05) is 31.1 Å². The van der Waals surface area contributed by atoms with Gasteiger partial charge in [-0.2, -0.15) is 0 Å². The molecule has 1 aromatic heterocycles. The van der Waals surface area contributed by atoms with Gasteiger partial charge in [-0.1, -0.05) is 36.5 Å². The van der Waals surface area contributed by atoms with Crippen LogP contribution in [0.5, 0.6) is 0 Å². The fourth-order valence-electron chi connectivity index (χ4n) is 1.86. The molecule has 0 aromatic carbocycles. The van der Waals surface area contributed by atoms with Gasteiger partial charge in [0.25, 0.3) is 0 Å². The lowest BCUT2D eigenvalue weighted by atomic mass is 10.2. The van der Waals surface area contributed by atoms with E-state index >= 15 is 0 Å². The van der Waals surface area contributed by atoms with Crippen molar-refractivity contribution in [3.05, 3.63) is 55.0 Å². The van der Waals surface area contributed by atoms with Gasteiger partial charge in [0, 0.05) is 26.2 Å². The van der Waals surface area contributed by atoms with Crippen LogP contribution in [-0.2, 0) is 0 Å². The van der Waals surface area contributed by atoms with Crippen molar-refractivity contribution in [2.24, 2.45) is 0 Å². The third-order valence-electron chi connectivity index (χ3n) is 2.80. The third-order valence-corrected chi connectivity index (χ3v) is 2.80. The molecule has 2 rings (SSSR count). The largest absolute Gasteiger partial charge is 0.470 e. The summed E-state index contributed by atoms with van der Waals surface area (Å²) in [7, 11) is 0. The molecule has 1 aliphatic rings. The maximum atomic E-state index is 5.01. The van der Waals surface area contributed by atoms with Crippen LogP contribution in [0.4, 0.5) is 5.69 Å². The fraction of sp³-hybridized carbons (Fsp3) is 0.375. The number of nitrogens with zero attached hydrogens (tertiary/aromatic N) is 1. The number of anilines is 1. The van der Waals surface area contributed by atoms with Gasteiger partial charge < -0.3 is 14.6 Å². The van der Waals surface area contributed by atoms with Gasteiger partial charge in [-0.3, -0.25) is 0 Å². The number of piperazine rings is 1. The highest BCUT2D eigenvalue weighted by Gasteiger charge is 2.10. The summed E-state index contributed by atoms with van der Waals surface area (Å²) in [5, 5.41) is 3.30. The van der Waals surface area contributed by atoms with Gasteiger partial charge in [-0.25, -0.2) is 0 Å². The molecule has 1 aromatic rings. The molecule has 0 amide bonds. The molecule has 0 unspecified atom stereocenters. The molecule has 104 valence electrons. The van der Waals surface area contributed by atoms with E-state index in [0.29, 0.717) is 0 Å². The summed E-state index contributed by atoms with van der Waals surface area (Å²) in [4.78, 5) is 2.32. The van der Waals surface area contributed by atoms with E-state index in [-0.39, 0.29) is 0 Å². The molecule has 0 saturated carbocycles. The predicted octanol–water partition coefficient (Wildman–Crippen LogP) is 3.38. The first-order chi connectivity index (χ1) is 9.27. The Labute approximate surface area is 116 Å². The Hall–Kier alpha value is -1.74. The number of furan rings is 1. The van der Waals surface area contributed by atoms with E-state index in [1.165, 1.54) is 11.3 Å². The first-order valence-electron chi connectivity index (χ1n) is 6.67. The van der Waals surface area contributed by atoms with Crippen molar-refractivity contribution in [1.29, 1.82) is 0 Å². The maximum absolute atomic E-state index is 5.01. The second-order valence-electron chi connectivity index (χ2n) is 4.36. The fourth-order valence-corrected chi connectivity index (χ4v) is 1.86. The summed E-state index contributed by atoms with van der Waals surface area (Å²) in [6.45, 7) is 11.9. The highest BCUT2D eigenvalue weighted by Crippen LogP contribution is 2.13. The van der Waals surface area contributed by atoms with Crippen molar-refractivity contribution in [3.8, 4) is 0 Å². The molecular weight excluding hydrogens is 236 g/mol. The molecule has 0 bridgehead atoms. The molecule has 0 aliphatic carbocycles. The predicted molar refractivity (Wildman–Crippen MR) is 82.6 cm³/mol. The highest BCUT2D eigenvalue weighted by atomic mass is 16.3. The second kappa shape index (κ2) is 9.22. The van der Waals surface area contributed by atoms with Crippen LogP contribution in [0.3, 0.4) is 0 Å². The summed E-state index contributed by atoms with van der Waals surface area (Å²) >= 11 is 0. The van der Waals surface area contributed by atoms with Crippen LogP contribution in [0.1, 0.15) is 13.8 Å². The molecule has 1 fully saturated rings. The van der Waals surface area contributed by atoms with Crippen molar-refractivity contribution in [2.45, 2.75) is 13.8 Å². The molecule has 0 spiro atoms. The Morgan fingerprint density at radius 1 is 1.42 bits per heavy atom. The van der Waals surface area contributed by atoms with Crippen LogP contribution in [0.25, 0.3) is 0 Å². The molecular formula is C16H24N2O. The Bertz CT molecular complexity index is 398. The molecule has 3 nitrogen and oxygen atoms in total. The normalized spacial score (nSPS) is 16.1. The van der Waals surface area contributed by atoms with E-state index < -0.39 is 0 Å². The van der Waals surface area contributed by atoms with E-state index in [9.17, 15) is 0 Å². The average Bonchev–Trinajstić information content (AvgIpc) is 2.95. The minimum atomic E-state index is 1.07. The van der Waals surface area contributed by atoms with Gasteiger partial charge in [-0.05, 0) is 19.9 Å². The van der Waals surface area contributed by atoms with E-state index in [0.717, 1.165) is 26.2 Å². The molecule has 0 radical (unpaired) electrons. The summed E-state index contributed by atoms with van der Waals surface area (Å²) in [6.07, 6.45) is 11.3. The zero-order valence-electron chi connectivity index (χ0n) is 11.9. The quantitative estimate of drug-likeness (QED) is 0.845. The first kappa shape index (κ1) is 15.3. The zero-order valence-corrected chi connectivity index (χ0v) is 11.9. The maximum Gasteiger partial charge on any atom is 0.114 e. The molecule has 19 heavy (non-hydrogen) atoms. The van der Waals surface area contributed by atoms with Gasteiger partial charge in [0.1, 0.15) is 6.26 Å². The van der Waals surface area contributed by atoms with E-state index in [1.54, 1.807) is 18.6 Å². The second-order valence-corrected chi connectivity index (χ2v) is 4.36. The van der Waals surface area contributed by atoms with E-state index in [1.807, 2.05) is 38.1 Å². The first-order valence-corrected chi connectivity index (χ1v) is 6.67. The number of allylic oxidation sites excluding steroid dienone is 5. The average molecular weight is 260 g/mol. The molecule has 3 heteroatoms. The number of nitrogens with one attached hydrogen (secondary N) is 1. The van der Waals surface area contributed by atoms with E-state index in [2.05, 4.69) is 16.8 Å². The van der Waals surface area contributed by atoms with Crippen molar-refractivity contribution in [1.82, 2.24) is 5.32 Å². The standard InChI is InChI=1S/C8H12N2O.C8H12/c1-6-11-7-8(1)10-4-2-9-3-5-10;1-4-6-8(3)7-5-2/h1,6-7,9H,2-5H2;4-7H,1H2,2-3H3/b;7-5-,8-6-. The van der Waals surface area contributed by atoms with E-state index in [4.69, 9.17) is 4.42 Å². The Morgan fingerprint density at radius 2 is 2.16 bits per heavy atom. The Morgan fingerprint density at radius 3 is 2.68 bits per heavy atom. The summed E-state index contributed by atoms with van der Waals surface area (Å²) in [5.41, 5.74) is 2.44. The summed E-state index contributed by atoms with van der Waals surface area (Å²) in [6, 6.07) is 2.01. The van der Waals surface area contributed by atoms with Crippen LogP contribution in [0.2, 0.25) is 0 Å². The Kier molecular flexibility index (Phi) is 7.44. The number of hydrogen-bond acceptors (Lipinski definition) is 3. The third kappa shape index (κ3) is 6.11. The van der Waals surface area contributed by atoms with Crippen LogP contribution in [0.15, 0.2) is 59.5 Å². The van der Waals surface area contributed by atoms with Gasteiger partial charge in [0.15, 0.2) is 0 Å². The zero-order chi connectivity index (χ0) is 13.9.